The van der Waals surface area contributed by atoms with Crippen molar-refractivity contribution in [1.29, 1.82) is 0 Å². The third-order valence-corrected chi connectivity index (χ3v) is 7.09. The number of H-pyrrole nitrogens is 1. The van der Waals surface area contributed by atoms with Crippen molar-refractivity contribution in [2.75, 3.05) is 37.7 Å². The van der Waals surface area contributed by atoms with Crippen LogP contribution in [0.3, 0.4) is 0 Å². The summed E-state index contributed by atoms with van der Waals surface area (Å²) in [6.07, 6.45) is 2.02. The van der Waals surface area contributed by atoms with E-state index in [1.165, 1.54) is 11.6 Å². The Labute approximate surface area is 194 Å². The molecule has 3 aromatic rings. The molecule has 6 nitrogen and oxygen atoms in total. The van der Waals surface area contributed by atoms with Crippen LogP contribution in [0.1, 0.15) is 22.3 Å². The molecule has 9 heteroatoms. The van der Waals surface area contributed by atoms with E-state index >= 15 is 0 Å². The Kier molecular flexibility index (Phi) is 9.42. The van der Waals surface area contributed by atoms with Gasteiger partial charge in [0.25, 0.3) is 0 Å². The van der Waals surface area contributed by atoms with Gasteiger partial charge >= 0.3 is 4.87 Å². The van der Waals surface area contributed by atoms with Crippen molar-refractivity contribution in [1.82, 2.24) is 15.6 Å². The molecule has 0 radical (unpaired) electrons. The summed E-state index contributed by atoms with van der Waals surface area (Å²) in [6.45, 7) is 2.83. The number of phenols is 1. The first-order valence-electron chi connectivity index (χ1n) is 10.2. The molecule has 0 atom stereocenters. The molecule has 0 aliphatic heterocycles. The van der Waals surface area contributed by atoms with E-state index in [-0.39, 0.29) is 23.0 Å². The number of phenolic OH excluding ortho intramolecular Hbond substituents is 1. The summed E-state index contributed by atoms with van der Waals surface area (Å²) < 4.78 is 0.508. The number of Topliss-reactive ketones (excluding diaryl/α,β-unsaturated/α-hetero) is 1. The molecule has 2 aromatic carbocycles. The zero-order valence-electron chi connectivity index (χ0n) is 17.1. The fourth-order valence-electron chi connectivity index (χ4n) is 3.13. The van der Waals surface area contributed by atoms with E-state index in [1.54, 1.807) is 6.07 Å². The van der Waals surface area contributed by atoms with Crippen LogP contribution in [-0.2, 0) is 6.42 Å². The minimum absolute atomic E-state index is 0.0207. The number of fused-ring (bicyclic) bond motifs is 1. The number of rotatable bonds is 13. The minimum atomic E-state index is -0.284. The molecule has 0 fully saturated rings. The van der Waals surface area contributed by atoms with Gasteiger partial charge in [-0.25, -0.2) is 0 Å². The van der Waals surface area contributed by atoms with E-state index in [9.17, 15) is 14.7 Å². The van der Waals surface area contributed by atoms with Crippen LogP contribution < -0.4 is 15.5 Å². The van der Waals surface area contributed by atoms with Gasteiger partial charge in [-0.2, -0.15) is 11.8 Å². The van der Waals surface area contributed by atoms with Crippen molar-refractivity contribution in [3.8, 4) is 5.75 Å². The van der Waals surface area contributed by atoms with Gasteiger partial charge in [-0.3, -0.25) is 9.59 Å². The highest BCUT2D eigenvalue weighted by Crippen LogP contribution is 2.27. The van der Waals surface area contributed by atoms with Crippen molar-refractivity contribution in [3.63, 3.8) is 0 Å². The molecule has 0 bridgehead atoms. The number of aromatic nitrogens is 1. The first-order chi connectivity index (χ1) is 15.1. The molecular weight excluding hydrogens is 454 g/mol. The van der Waals surface area contributed by atoms with Gasteiger partial charge in [0.1, 0.15) is 11.3 Å². The Morgan fingerprint density at radius 1 is 1.10 bits per heavy atom. The first-order valence-corrected chi connectivity index (χ1v) is 12.5. The molecule has 166 valence electrons. The number of aromatic hydroxyl groups is 1. The number of halogens is 1. The van der Waals surface area contributed by atoms with Gasteiger partial charge in [-0.15, -0.1) is 0 Å². The van der Waals surface area contributed by atoms with E-state index in [1.807, 2.05) is 30.0 Å². The summed E-state index contributed by atoms with van der Waals surface area (Å²) in [5, 5.41) is 17.2. The monoisotopic (exact) mass is 479 g/mol. The summed E-state index contributed by atoms with van der Waals surface area (Å²) in [6, 6.07) is 10.9. The van der Waals surface area contributed by atoms with Crippen LogP contribution >= 0.6 is 34.7 Å². The molecule has 0 saturated heterocycles. The van der Waals surface area contributed by atoms with E-state index < -0.39 is 0 Å². The molecule has 0 unspecified atom stereocenters. The van der Waals surface area contributed by atoms with E-state index in [4.69, 9.17) is 11.6 Å². The van der Waals surface area contributed by atoms with E-state index in [0.717, 1.165) is 60.3 Å². The maximum Gasteiger partial charge on any atom is 0.305 e. The number of hydrogen-bond donors (Lipinski definition) is 4. The lowest BCUT2D eigenvalue weighted by Gasteiger charge is -2.07. The Hall–Kier alpha value is -1.84. The van der Waals surface area contributed by atoms with Crippen molar-refractivity contribution in [2.24, 2.45) is 0 Å². The maximum absolute atomic E-state index is 12.5. The second kappa shape index (κ2) is 12.3. The molecule has 1 aromatic heterocycles. The van der Waals surface area contributed by atoms with Crippen LogP contribution in [0, 0.1) is 0 Å². The van der Waals surface area contributed by atoms with Gasteiger partial charge in [0, 0.05) is 22.9 Å². The lowest BCUT2D eigenvalue weighted by molar-refractivity contribution is 0.0993. The molecule has 0 aliphatic carbocycles. The molecule has 3 rings (SSSR count). The summed E-state index contributed by atoms with van der Waals surface area (Å²) in [5.74, 6) is 1.88. The number of aromatic amines is 1. The number of hydrogen-bond acceptors (Lipinski definition) is 7. The van der Waals surface area contributed by atoms with E-state index in [0.29, 0.717) is 15.8 Å². The first kappa shape index (κ1) is 23.8. The number of carbonyl (C=O) groups is 1. The SMILES string of the molecule is O=C(CNCCSCCCNCCc1ccccc1Cl)c1ccc(O)c2[nH]c(=O)sc12. The van der Waals surface area contributed by atoms with Gasteiger partial charge in [0.2, 0.25) is 0 Å². The van der Waals surface area contributed by atoms with Crippen molar-refractivity contribution < 1.29 is 9.90 Å². The fourth-order valence-corrected chi connectivity index (χ4v) is 5.09. The van der Waals surface area contributed by atoms with Crippen molar-refractivity contribution >= 4 is 50.7 Å². The zero-order valence-corrected chi connectivity index (χ0v) is 19.5. The summed E-state index contributed by atoms with van der Waals surface area (Å²) in [5.41, 5.74) is 1.96. The molecular formula is C22H26ClN3O3S2. The predicted molar refractivity (Wildman–Crippen MR) is 131 cm³/mol. The maximum atomic E-state index is 12.5. The van der Waals surface area contributed by atoms with E-state index in [2.05, 4.69) is 21.7 Å². The molecule has 0 aliphatic rings. The largest absolute Gasteiger partial charge is 0.506 e. The Balaban J connectivity index is 1.24. The van der Waals surface area contributed by atoms with Crippen LogP contribution in [0.15, 0.2) is 41.2 Å². The van der Waals surface area contributed by atoms with Gasteiger partial charge in [0.05, 0.1) is 11.2 Å². The average Bonchev–Trinajstić information content (AvgIpc) is 3.15. The zero-order chi connectivity index (χ0) is 22.1. The summed E-state index contributed by atoms with van der Waals surface area (Å²) in [7, 11) is 0. The van der Waals surface area contributed by atoms with Crippen LogP contribution in [0.2, 0.25) is 5.02 Å². The minimum Gasteiger partial charge on any atom is -0.506 e. The second-order valence-corrected chi connectivity index (χ2v) is 9.62. The summed E-state index contributed by atoms with van der Waals surface area (Å²) in [4.78, 5) is 26.3. The normalized spacial score (nSPS) is 11.3. The molecule has 0 amide bonds. The average molecular weight is 480 g/mol. The summed E-state index contributed by atoms with van der Waals surface area (Å²) >= 11 is 8.95. The number of ketones is 1. The van der Waals surface area contributed by atoms with Crippen LogP contribution in [0.5, 0.6) is 5.75 Å². The predicted octanol–water partition coefficient (Wildman–Crippen LogP) is 3.68. The highest BCUT2D eigenvalue weighted by Gasteiger charge is 2.15. The van der Waals surface area contributed by atoms with Gasteiger partial charge in [0.15, 0.2) is 5.78 Å². The topological polar surface area (TPSA) is 94.2 Å². The third kappa shape index (κ3) is 7.08. The van der Waals surface area contributed by atoms with Crippen LogP contribution in [0.4, 0.5) is 0 Å². The Morgan fingerprint density at radius 3 is 2.77 bits per heavy atom. The Morgan fingerprint density at radius 2 is 1.94 bits per heavy atom. The molecule has 31 heavy (non-hydrogen) atoms. The van der Waals surface area contributed by atoms with Crippen LogP contribution in [0.25, 0.3) is 10.2 Å². The van der Waals surface area contributed by atoms with Gasteiger partial charge in [-0.05, 0) is 55.4 Å². The second-order valence-electron chi connectivity index (χ2n) is 7.01. The van der Waals surface area contributed by atoms with Crippen LogP contribution in [-0.4, -0.2) is 53.6 Å². The van der Waals surface area contributed by atoms with Gasteiger partial charge in [-0.1, -0.05) is 41.1 Å². The number of thiazole rings is 1. The van der Waals surface area contributed by atoms with Crippen molar-refractivity contribution in [3.05, 3.63) is 62.2 Å². The smallest absolute Gasteiger partial charge is 0.305 e. The quantitative estimate of drug-likeness (QED) is 0.221. The highest BCUT2D eigenvalue weighted by molar-refractivity contribution is 7.99. The number of benzene rings is 2. The standard InChI is InChI=1S/C22H26ClN3O3S2/c23-17-5-2-1-4-15(17)8-10-24-9-3-12-30-13-11-25-14-19(28)16-6-7-18(27)20-21(16)31-22(29)26-20/h1-2,4-7,24-25,27H,3,8-14H2,(H,26,29). The highest BCUT2D eigenvalue weighted by atomic mass is 35.5. The lowest BCUT2D eigenvalue weighted by atomic mass is 10.1. The number of nitrogens with one attached hydrogen (secondary N) is 3. The fraction of sp³-hybridized carbons (Fsp3) is 0.364. The number of carbonyl (C=O) groups excluding carboxylic acids is 1. The number of thioether (sulfide) groups is 1. The lowest BCUT2D eigenvalue weighted by Crippen LogP contribution is -2.25. The molecule has 0 saturated carbocycles. The molecule has 1 heterocycles. The molecule has 4 N–H and O–H groups in total. The van der Waals surface area contributed by atoms with Crippen molar-refractivity contribution in [2.45, 2.75) is 12.8 Å². The Bertz CT molecular complexity index is 1070. The third-order valence-electron chi connectivity index (χ3n) is 4.74. The van der Waals surface area contributed by atoms with Gasteiger partial charge < -0.3 is 20.7 Å². The molecule has 0 spiro atoms.